The lowest BCUT2D eigenvalue weighted by Crippen LogP contribution is -2.18. The van der Waals surface area contributed by atoms with Crippen molar-refractivity contribution in [2.75, 3.05) is 0 Å². The van der Waals surface area contributed by atoms with E-state index in [0.29, 0.717) is 16.7 Å². The number of hydrogen-bond acceptors (Lipinski definition) is 2. The highest BCUT2D eigenvalue weighted by atomic mass is 19.4. The third-order valence-electron chi connectivity index (χ3n) is 2.89. The fraction of sp³-hybridized carbons (Fsp3) is 0.133. The molecule has 0 spiro atoms. The lowest BCUT2D eigenvalue weighted by Gasteiger charge is -2.14. The summed E-state index contributed by atoms with van der Waals surface area (Å²) in [7, 11) is 0. The molecule has 110 valence electrons. The van der Waals surface area contributed by atoms with Crippen LogP contribution in [0.25, 0.3) is 0 Å². The molecule has 3 N–H and O–H groups in total. The second kappa shape index (κ2) is 5.87. The minimum atomic E-state index is -4.74. The van der Waals surface area contributed by atoms with Crippen LogP contribution in [0.15, 0.2) is 48.5 Å². The van der Waals surface area contributed by atoms with Crippen molar-refractivity contribution in [1.82, 2.24) is 0 Å². The highest BCUT2D eigenvalue weighted by molar-refractivity contribution is 5.96. The first-order chi connectivity index (χ1) is 9.87. The largest absolute Gasteiger partial charge is 0.573 e. The van der Waals surface area contributed by atoms with E-state index in [-0.39, 0.29) is 18.0 Å². The first-order valence-electron chi connectivity index (χ1n) is 6.13. The van der Waals surface area contributed by atoms with Crippen molar-refractivity contribution in [2.45, 2.75) is 12.8 Å². The maximum atomic E-state index is 12.4. The summed E-state index contributed by atoms with van der Waals surface area (Å²) in [6, 6.07) is 12.8. The van der Waals surface area contributed by atoms with E-state index in [9.17, 15) is 13.2 Å². The zero-order valence-electron chi connectivity index (χ0n) is 10.9. The Hall–Kier alpha value is -2.50. The van der Waals surface area contributed by atoms with Crippen LogP contribution in [0, 0.1) is 5.41 Å². The molecule has 0 unspecified atom stereocenters. The Balaban J connectivity index is 2.35. The summed E-state index contributed by atoms with van der Waals surface area (Å²) < 4.78 is 41.2. The molecule has 0 radical (unpaired) electrons. The van der Waals surface area contributed by atoms with E-state index in [1.807, 2.05) is 0 Å². The fourth-order valence-corrected chi connectivity index (χ4v) is 2.02. The molecular weight excluding hydrogens is 281 g/mol. The van der Waals surface area contributed by atoms with Crippen LogP contribution >= 0.6 is 0 Å². The van der Waals surface area contributed by atoms with Gasteiger partial charge in [-0.2, -0.15) is 0 Å². The van der Waals surface area contributed by atoms with E-state index < -0.39 is 6.36 Å². The monoisotopic (exact) mass is 294 g/mol. The van der Waals surface area contributed by atoms with Crippen LogP contribution in [0.4, 0.5) is 13.2 Å². The van der Waals surface area contributed by atoms with Gasteiger partial charge in [-0.1, -0.05) is 42.5 Å². The molecule has 0 aromatic heterocycles. The molecule has 6 heteroatoms. The number of rotatable bonds is 4. The van der Waals surface area contributed by atoms with Crippen molar-refractivity contribution >= 4 is 5.84 Å². The Bertz CT molecular complexity index is 653. The number of amidine groups is 1. The SMILES string of the molecule is N=C(N)c1ccccc1Cc1ccccc1OC(F)(F)F. The van der Waals surface area contributed by atoms with Crippen LogP contribution in [0.2, 0.25) is 0 Å². The highest BCUT2D eigenvalue weighted by Gasteiger charge is 2.32. The summed E-state index contributed by atoms with van der Waals surface area (Å²) in [5, 5.41) is 7.51. The summed E-state index contributed by atoms with van der Waals surface area (Å²) in [4.78, 5) is 0. The van der Waals surface area contributed by atoms with E-state index in [1.54, 1.807) is 36.4 Å². The van der Waals surface area contributed by atoms with Gasteiger partial charge in [-0.15, -0.1) is 13.2 Å². The van der Waals surface area contributed by atoms with Crippen molar-refractivity contribution in [3.8, 4) is 5.75 Å². The maximum Gasteiger partial charge on any atom is 0.573 e. The zero-order chi connectivity index (χ0) is 15.5. The Labute approximate surface area is 119 Å². The number of para-hydroxylation sites is 1. The van der Waals surface area contributed by atoms with Gasteiger partial charge in [0.2, 0.25) is 0 Å². The molecule has 0 atom stereocenters. The molecule has 0 aliphatic carbocycles. The smallest absolute Gasteiger partial charge is 0.405 e. The summed E-state index contributed by atoms with van der Waals surface area (Å²) >= 11 is 0. The highest BCUT2D eigenvalue weighted by Crippen LogP contribution is 2.28. The van der Waals surface area contributed by atoms with Crippen molar-refractivity contribution in [1.29, 1.82) is 5.41 Å². The Morgan fingerprint density at radius 3 is 2.19 bits per heavy atom. The molecule has 0 saturated carbocycles. The predicted molar refractivity (Wildman–Crippen MR) is 73.4 cm³/mol. The molecule has 2 aromatic carbocycles. The van der Waals surface area contributed by atoms with E-state index in [1.165, 1.54) is 12.1 Å². The Morgan fingerprint density at radius 2 is 1.57 bits per heavy atom. The average molecular weight is 294 g/mol. The molecule has 0 aliphatic rings. The summed E-state index contributed by atoms with van der Waals surface area (Å²) in [5.74, 6) is -0.372. The number of hydrogen-bond donors (Lipinski definition) is 2. The maximum absolute atomic E-state index is 12.4. The molecule has 0 heterocycles. The molecule has 0 aliphatic heterocycles. The molecule has 2 rings (SSSR count). The molecule has 0 bridgehead atoms. The Morgan fingerprint density at radius 1 is 1.00 bits per heavy atom. The van der Waals surface area contributed by atoms with E-state index in [4.69, 9.17) is 11.1 Å². The number of ether oxygens (including phenoxy) is 1. The van der Waals surface area contributed by atoms with Crippen LogP contribution in [0.5, 0.6) is 5.75 Å². The van der Waals surface area contributed by atoms with Crippen molar-refractivity contribution in [3.63, 3.8) is 0 Å². The van der Waals surface area contributed by atoms with Gasteiger partial charge in [0.1, 0.15) is 11.6 Å². The van der Waals surface area contributed by atoms with Gasteiger partial charge in [0.25, 0.3) is 0 Å². The molecule has 21 heavy (non-hydrogen) atoms. The van der Waals surface area contributed by atoms with Crippen LogP contribution < -0.4 is 10.5 Å². The van der Waals surface area contributed by atoms with Gasteiger partial charge < -0.3 is 10.5 Å². The second-order valence-corrected chi connectivity index (χ2v) is 4.40. The van der Waals surface area contributed by atoms with Gasteiger partial charge in [-0.05, 0) is 17.2 Å². The third-order valence-corrected chi connectivity index (χ3v) is 2.89. The van der Waals surface area contributed by atoms with Gasteiger partial charge in [-0.25, -0.2) is 0 Å². The van der Waals surface area contributed by atoms with E-state index >= 15 is 0 Å². The molecule has 0 saturated heterocycles. The molecule has 0 amide bonds. The molecule has 2 aromatic rings. The summed E-state index contributed by atoms with van der Waals surface area (Å²) in [6.45, 7) is 0. The van der Waals surface area contributed by atoms with E-state index in [2.05, 4.69) is 4.74 Å². The number of benzene rings is 2. The number of nitrogen functional groups attached to an aromatic ring is 1. The van der Waals surface area contributed by atoms with Gasteiger partial charge in [0.15, 0.2) is 0 Å². The Kier molecular flexibility index (Phi) is 4.16. The second-order valence-electron chi connectivity index (χ2n) is 4.40. The number of alkyl halides is 3. The first-order valence-corrected chi connectivity index (χ1v) is 6.13. The molecular formula is C15H13F3N2O. The first kappa shape index (κ1) is 14.9. The molecule has 3 nitrogen and oxygen atoms in total. The fourth-order valence-electron chi connectivity index (χ4n) is 2.02. The normalized spacial score (nSPS) is 11.2. The predicted octanol–water partition coefficient (Wildman–Crippen LogP) is 3.46. The lowest BCUT2D eigenvalue weighted by atomic mass is 9.98. The van der Waals surface area contributed by atoms with Crippen LogP contribution in [0.1, 0.15) is 16.7 Å². The number of halogens is 3. The quantitative estimate of drug-likeness (QED) is 0.670. The van der Waals surface area contributed by atoms with E-state index in [0.717, 1.165) is 0 Å². The summed E-state index contributed by atoms with van der Waals surface area (Å²) in [6.07, 6.45) is -4.54. The lowest BCUT2D eigenvalue weighted by molar-refractivity contribution is -0.274. The average Bonchev–Trinajstić information content (AvgIpc) is 2.40. The summed E-state index contributed by atoms with van der Waals surface area (Å²) in [5.41, 5.74) is 7.03. The van der Waals surface area contributed by atoms with Crippen LogP contribution in [-0.4, -0.2) is 12.2 Å². The van der Waals surface area contributed by atoms with Crippen molar-refractivity contribution in [3.05, 3.63) is 65.2 Å². The standard InChI is InChI=1S/C15H13F3N2O/c16-15(17,18)21-13-8-4-2-6-11(13)9-10-5-1-3-7-12(10)14(19)20/h1-8H,9H2,(H3,19,20). The van der Waals surface area contributed by atoms with Crippen molar-refractivity contribution in [2.24, 2.45) is 5.73 Å². The van der Waals surface area contributed by atoms with Gasteiger partial charge in [-0.3, -0.25) is 5.41 Å². The minimum absolute atomic E-state index is 0.125. The number of nitrogens with two attached hydrogens (primary N) is 1. The minimum Gasteiger partial charge on any atom is -0.405 e. The van der Waals surface area contributed by atoms with Crippen molar-refractivity contribution < 1.29 is 17.9 Å². The zero-order valence-corrected chi connectivity index (χ0v) is 10.9. The molecule has 0 fully saturated rings. The van der Waals surface area contributed by atoms with Gasteiger partial charge in [0, 0.05) is 12.0 Å². The van der Waals surface area contributed by atoms with Gasteiger partial charge in [0.05, 0.1) is 0 Å². The van der Waals surface area contributed by atoms with Gasteiger partial charge >= 0.3 is 6.36 Å². The topological polar surface area (TPSA) is 59.1 Å². The van der Waals surface area contributed by atoms with Crippen LogP contribution in [0.3, 0.4) is 0 Å². The third kappa shape index (κ3) is 3.98. The van der Waals surface area contributed by atoms with Crippen LogP contribution in [-0.2, 0) is 6.42 Å². The number of nitrogens with one attached hydrogen (secondary N) is 1.